The van der Waals surface area contributed by atoms with Crippen molar-refractivity contribution in [2.45, 2.75) is 26.4 Å². The molecule has 0 aromatic heterocycles. The van der Waals surface area contributed by atoms with Gasteiger partial charge in [-0.1, -0.05) is 11.6 Å². The first kappa shape index (κ1) is 18.3. The Labute approximate surface area is 157 Å². The molecule has 5 nitrogen and oxygen atoms in total. The highest BCUT2D eigenvalue weighted by molar-refractivity contribution is 6.30. The van der Waals surface area contributed by atoms with Crippen molar-refractivity contribution in [3.05, 3.63) is 53.6 Å². The molecule has 0 saturated carbocycles. The van der Waals surface area contributed by atoms with E-state index < -0.39 is 0 Å². The molecule has 3 rings (SSSR count). The molecule has 1 N–H and O–H groups in total. The van der Waals surface area contributed by atoms with E-state index in [-0.39, 0.29) is 30.3 Å². The third-order valence-electron chi connectivity index (χ3n) is 4.13. The van der Waals surface area contributed by atoms with Crippen LogP contribution in [0.1, 0.15) is 20.3 Å². The lowest BCUT2D eigenvalue weighted by molar-refractivity contribution is -0.122. The van der Waals surface area contributed by atoms with Crippen molar-refractivity contribution in [3.63, 3.8) is 0 Å². The Morgan fingerprint density at radius 3 is 2.42 bits per heavy atom. The zero-order valence-corrected chi connectivity index (χ0v) is 15.5. The van der Waals surface area contributed by atoms with Gasteiger partial charge in [0.25, 0.3) is 0 Å². The van der Waals surface area contributed by atoms with Crippen LogP contribution in [-0.4, -0.2) is 24.5 Å². The van der Waals surface area contributed by atoms with Crippen LogP contribution in [0.2, 0.25) is 5.02 Å². The Balaban J connectivity index is 1.64. The van der Waals surface area contributed by atoms with Gasteiger partial charge in [-0.3, -0.25) is 9.59 Å². The van der Waals surface area contributed by atoms with E-state index in [4.69, 9.17) is 16.3 Å². The van der Waals surface area contributed by atoms with Gasteiger partial charge in [-0.05, 0) is 62.4 Å². The van der Waals surface area contributed by atoms with E-state index in [0.717, 1.165) is 11.4 Å². The third-order valence-corrected chi connectivity index (χ3v) is 4.38. The number of rotatable bonds is 5. The van der Waals surface area contributed by atoms with Crippen molar-refractivity contribution >= 4 is 34.8 Å². The number of ether oxygens (including phenoxy) is 1. The van der Waals surface area contributed by atoms with Gasteiger partial charge in [0.2, 0.25) is 11.8 Å². The van der Waals surface area contributed by atoms with Crippen LogP contribution in [-0.2, 0) is 9.59 Å². The van der Waals surface area contributed by atoms with Crippen molar-refractivity contribution in [2.24, 2.45) is 5.92 Å². The molecule has 0 spiro atoms. The molecule has 2 aromatic carbocycles. The number of amides is 2. The molecule has 1 aliphatic heterocycles. The van der Waals surface area contributed by atoms with Gasteiger partial charge in [0.15, 0.2) is 0 Å². The van der Waals surface area contributed by atoms with Gasteiger partial charge in [-0.15, -0.1) is 0 Å². The van der Waals surface area contributed by atoms with Crippen LogP contribution in [0.3, 0.4) is 0 Å². The summed E-state index contributed by atoms with van der Waals surface area (Å²) in [6, 6.07) is 14.3. The van der Waals surface area contributed by atoms with Gasteiger partial charge in [0.05, 0.1) is 12.0 Å². The second kappa shape index (κ2) is 7.79. The highest BCUT2D eigenvalue weighted by atomic mass is 35.5. The summed E-state index contributed by atoms with van der Waals surface area (Å²) >= 11 is 5.85. The maximum Gasteiger partial charge on any atom is 0.229 e. The van der Waals surface area contributed by atoms with E-state index in [1.54, 1.807) is 29.2 Å². The Hall–Kier alpha value is -2.53. The van der Waals surface area contributed by atoms with E-state index in [2.05, 4.69) is 5.32 Å². The van der Waals surface area contributed by atoms with E-state index in [9.17, 15) is 9.59 Å². The van der Waals surface area contributed by atoms with E-state index in [0.29, 0.717) is 17.3 Å². The molecule has 0 radical (unpaired) electrons. The molecule has 0 bridgehead atoms. The summed E-state index contributed by atoms with van der Waals surface area (Å²) < 4.78 is 5.62. The van der Waals surface area contributed by atoms with Gasteiger partial charge < -0.3 is 15.0 Å². The number of anilines is 2. The lowest BCUT2D eigenvalue weighted by Gasteiger charge is -2.18. The number of nitrogens with zero attached hydrogens (tertiary/aromatic N) is 1. The molecule has 1 aliphatic rings. The van der Waals surface area contributed by atoms with Crippen LogP contribution >= 0.6 is 11.6 Å². The number of benzene rings is 2. The summed E-state index contributed by atoms with van der Waals surface area (Å²) in [6.07, 6.45) is 0.291. The number of hydrogen-bond donors (Lipinski definition) is 1. The molecular weight excluding hydrogens is 352 g/mol. The van der Waals surface area contributed by atoms with Crippen LogP contribution < -0.4 is 15.0 Å². The summed E-state index contributed by atoms with van der Waals surface area (Å²) in [5.74, 6) is 0.152. The normalized spacial score (nSPS) is 16.8. The van der Waals surface area contributed by atoms with Gasteiger partial charge in [0, 0.05) is 29.4 Å². The summed E-state index contributed by atoms with van der Waals surface area (Å²) in [5, 5.41) is 3.44. The van der Waals surface area contributed by atoms with Crippen molar-refractivity contribution in [1.29, 1.82) is 0 Å². The predicted octanol–water partition coefficient (Wildman–Crippen LogP) is 4.12. The Bertz CT molecular complexity index is 788. The van der Waals surface area contributed by atoms with E-state index in [1.165, 1.54) is 0 Å². The van der Waals surface area contributed by atoms with Crippen molar-refractivity contribution in [2.75, 3.05) is 16.8 Å². The van der Waals surface area contributed by atoms with Crippen LogP contribution in [0.5, 0.6) is 5.75 Å². The smallest absolute Gasteiger partial charge is 0.229 e. The maximum absolute atomic E-state index is 12.5. The van der Waals surface area contributed by atoms with Crippen molar-refractivity contribution in [1.82, 2.24) is 0 Å². The summed E-state index contributed by atoms with van der Waals surface area (Å²) in [4.78, 5) is 26.4. The predicted molar refractivity (Wildman–Crippen MR) is 103 cm³/mol. The van der Waals surface area contributed by atoms with Gasteiger partial charge in [-0.25, -0.2) is 0 Å². The molecule has 0 aliphatic carbocycles. The highest BCUT2D eigenvalue weighted by Gasteiger charge is 2.35. The highest BCUT2D eigenvalue weighted by Crippen LogP contribution is 2.28. The number of carbonyl (C=O) groups excluding carboxylic acids is 2. The van der Waals surface area contributed by atoms with Gasteiger partial charge in [-0.2, -0.15) is 0 Å². The number of carbonyl (C=O) groups is 2. The lowest BCUT2D eigenvalue weighted by Crippen LogP contribution is -2.28. The quantitative estimate of drug-likeness (QED) is 0.858. The first-order chi connectivity index (χ1) is 12.4. The Morgan fingerprint density at radius 1 is 1.15 bits per heavy atom. The number of hydrogen-bond acceptors (Lipinski definition) is 3. The van der Waals surface area contributed by atoms with E-state index in [1.807, 2.05) is 38.1 Å². The molecule has 1 heterocycles. The second-order valence-corrected chi connectivity index (χ2v) is 7.00. The van der Waals surface area contributed by atoms with Crippen molar-refractivity contribution in [3.8, 4) is 5.75 Å². The fraction of sp³-hybridized carbons (Fsp3) is 0.300. The number of halogens is 1. The van der Waals surface area contributed by atoms with E-state index >= 15 is 0 Å². The summed E-state index contributed by atoms with van der Waals surface area (Å²) in [5.41, 5.74) is 1.44. The molecule has 1 atom stereocenters. The molecule has 2 aromatic rings. The first-order valence-corrected chi connectivity index (χ1v) is 8.93. The minimum absolute atomic E-state index is 0.0567. The first-order valence-electron chi connectivity index (χ1n) is 8.56. The SMILES string of the molecule is CC(C)Oc1ccc(N2C[C@H](C(=O)Nc3ccc(Cl)cc3)CC2=O)cc1. The molecular formula is C20H21ClN2O3. The monoisotopic (exact) mass is 372 g/mol. The molecule has 2 amide bonds. The zero-order chi connectivity index (χ0) is 18.7. The molecule has 26 heavy (non-hydrogen) atoms. The minimum atomic E-state index is -0.384. The van der Waals surface area contributed by atoms with Crippen LogP contribution in [0, 0.1) is 5.92 Å². The Kier molecular flexibility index (Phi) is 5.47. The lowest BCUT2D eigenvalue weighted by atomic mass is 10.1. The zero-order valence-electron chi connectivity index (χ0n) is 14.7. The van der Waals surface area contributed by atoms with Gasteiger partial charge in [0.1, 0.15) is 5.75 Å². The van der Waals surface area contributed by atoms with Crippen LogP contribution in [0.25, 0.3) is 0 Å². The number of nitrogens with one attached hydrogen (secondary N) is 1. The second-order valence-electron chi connectivity index (χ2n) is 6.56. The molecule has 6 heteroatoms. The molecule has 1 fully saturated rings. The maximum atomic E-state index is 12.5. The molecule has 0 unspecified atom stereocenters. The largest absolute Gasteiger partial charge is 0.491 e. The third kappa shape index (κ3) is 4.35. The Morgan fingerprint density at radius 2 is 1.81 bits per heavy atom. The van der Waals surface area contributed by atoms with Crippen molar-refractivity contribution < 1.29 is 14.3 Å². The van der Waals surface area contributed by atoms with Crippen LogP contribution in [0.15, 0.2) is 48.5 Å². The topological polar surface area (TPSA) is 58.6 Å². The fourth-order valence-corrected chi connectivity index (χ4v) is 3.01. The fourth-order valence-electron chi connectivity index (χ4n) is 2.89. The van der Waals surface area contributed by atoms with Crippen LogP contribution in [0.4, 0.5) is 11.4 Å². The summed E-state index contributed by atoms with van der Waals surface area (Å²) in [7, 11) is 0. The minimum Gasteiger partial charge on any atom is -0.491 e. The summed E-state index contributed by atoms with van der Waals surface area (Å²) in [6.45, 7) is 4.28. The molecule has 136 valence electrons. The average molecular weight is 373 g/mol. The molecule has 1 saturated heterocycles. The van der Waals surface area contributed by atoms with Gasteiger partial charge >= 0.3 is 0 Å². The average Bonchev–Trinajstić information content (AvgIpc) is 2.99. The standard InChI is InChI=1S/C20H21ClN2O3/c1-13(2)26-18-9-7-17(8-10-18)23-12-14(11-19(23)24)20(25)22-16-5-3-15(21)4-6-16/h3-10,13-14H,11-12H2,1-2H3,(H,22,25)/t14-/m1/s1.